The van der Waals surface area contributed by atoms with Crippen LogP contribution in [0.25, 0.3) is 0 Å². The Morgan fingerprint density at radius 1 is 0.964 bits per heavy atom. The molecule has 0 saturated heterocycles. The maximum absolute atomic E-state index is 11.1. The van der Waals surface area contributed by atoms with Gasteiger partial charge in [0, 0.05) is 5.92 Å². The van der Waals surface area contributed by atoms with Crippen LogP contribution in [0.5, 0.6) is 0 Å². The summed E-state index contributed by atoms with van der Waals surface area (Å²) in [4.78, 5) is 0. The quantitative estimate of drug-likeness (QED) is 0.493. The van der Waals surface area contributed by atoms with Crippen LogP contribution < -0.4 is 0 Å². The highest BCUT2D eigenvalue weighted by atomic mass is 16.3. The van der Waals surface area contributed by atoms with E-state index in [9.17, 15) is 5.11 Å². The van der Waals surface area contributed by atoms with Gasteiger partial charge in [-0.2, -0.15) is 0 Å². The van der Waals surface area contributed by atoms with E-state index in [1.54, 1.807) is 0 Å². The Morgan fingerprint density at radius 2 is 1.71 bits per heavy atom. The summed E-state index contributed by atoms with van der Waals surface area (Å²) in [5.41, 5.74) is 0.880. The first-order chi connectivity index (χ1) is 13.3. The van der Waals surface area contributed by atoms with E-state index in [4.69, 9.17) is 0 Å². The fourth-order valence-corrected chi connectivity index (χ4v) is 8.91. The van der Waals surface area contributed by atoms with Crippen LogP contribution in [0.2, 0.25) is 0 Å². The molecule has 160 valence electrons. The molecule has 3 fully saturated rings. The van der Waals surface area contributed by atoms with E-state index in [1.807, 2.05) is 0 Å². The van der Waals surface area contributed by atoms with E-state index >= 15 is 0 Å². The van der Waals surface area contributed by atoms with Gasteiger partial charge in [-0.05, 0) is 91.3 Å². The fraction of sp³-hybridized carbons (Fsp3) is 0.926. The lowest BCUT2D eigenvalue weighted by Gasteiger charge is -2.61. The van der Waals surface area contributed by atoms with E-state index in [-0.39, 0.29) is 6.10 Å². The highest BCUT2D eigenvalue weighted by Gasteiger charge is 2.61. The fourth-order valence-electron chi connectivity index (χ4n) is 8.91. The van der Waals surface area contributed by atoms with Gasteiger partial charge in [0.1, 0.15) is 0 Å². The molecule has 4 aliphatic carbocycles. The zero-order valence-corrected chi connectivity index (χ0v) is 19.3. The third-order valence-corrected chi connectivity index (χ3v) is 10.4. The van der Waals surface area contributed by atoms with Crippen LogP contribution in [0, 0.1) is 52.3 Å². The molecule has 0 aliphatic heterocycles. The number of hydrogen-bond donors (Lipinski definition) is 1. The highest BCUT2D eigenvalue weighted by Crippen LogP contribution is 2.67. The zero-order valence-electron chi connectivity index (χ0n) is 19.3. The zero-order chi connectivity index (χ0) is 20.1. The van der Waals surface area contributed by atoms with Crippen molar-refractivity contribution >= 4 is 0 Å². The molecule has 0 radical (unpaired) electrons. The van der Waals surface area contributed by atoms with E-state index in [1.165, 1.54) is 57.8 Å². The summed E-state index contributed by atoms with van der Waals surface area (Å²) in [6, 6.07) is 0. The van der Waals surface area contributed by atoms with Crippen molar-refractivity contribution < 1.29 is 5.11 Å². The monoisotopic (exact) mass is 386 g/mol. The molecule has 0 aromatic carbocycles. The summed E-state index contributed by atoms with van der Waals surface area (Å²) < 4.78 is 0. The Kier molecular flexibility index (Phi) is 5.80. The summed E-state index contributed by atoms with van der Waals surface area (Å²) in [6.45, 7) is 12.5. The number of rotatable bonds is 5. The molecular weight excluding hydrogens is 340 g/mol. The standard InChI is InChI=1S/C27H46O/c1-18(2)9-8-10-19(3)21-12-13-22-20-17-25(28)24-11-6-7-15-26(24,4)23(20)14-16-27(21,22)5/h6,11,18-25,28H,7-10,12-17H2,1-5H3/t19-,20+,21-,22+,23+,24-,25?,26-,27-/m1/s1. The van der Waals surface area contributed by atoms with Gasteiger partial charge in [-0.25, -0.2) is 0 Å². The third-order valence-electron chi connectivity index (χ3n) is 10.4. The second-order valence-corrected chi connectivity index (χ2v) is 12.2. The summed E-state index contributed by atoms with van der Waals surface area (Å²) in [5, 5.41) is 11.1. The van der Waals surface area contributed by atoms with Gasteiger partial charge in [0.15, 0.2) is 0 Å². The predicted octanol–water partition coefficient (Wildman–Crippen LogP) is 7.24. The number of aliphatic hydroxyl groups is 1. The normalized spacial score (nSPS) is 48.8. The van der Waals surface area contributed by atoms with Crippen molar-refractivity contribution in [1.82, 2.24) is 0 Å². The molecule has 4 rings (SSSR count). The summed E-state index contributed by atoms with van der Waals surface area (Å²) >= 11 is 0. The van der Waals surface area contributed by atoms with Crippen LogP contribution in [0.3, 0.4) is 0 Å². The van der Waals surface area contributed by atoms with Crippen molar-refractivity contribution in [2.75, 3.05) is 0 Å². The van der Waals surface area contributed by atoms with E-state index in [2.05, 4.69) is 46.8 Å². The molecular formula is C27H46O. The van der Waals surface area contributed by atoms with Gasteiger partial charge in [-0.3, -0.25) is 0 Å². The van der Waals surface area contributed by atoms with Crippen molar-refractivity contribution in [3.05, 3.63) is 12.2 Å². The van der Waals surface area contributed by atoms with Gasteiger partial charge in [0.25, 0.3) is 0 Å². The minimum absolute atomic E-state index is 0.104. The topological polar surface area (TPSA) is 20.2 Å². The maximum Gasteiger partial charge on any atom is 0.0611 e. The second kappa shape index (κ2) is 7.75. The Morgan fingerprint density at radius 3 is 2.46 bits per heavy atom. The minimum atomic E-state index is -0.104. The molecule has 28 heavy (non-hydrogen) atoms. The lowest BCUT2D eigenvalue weighted by Crippen LogP contribution is -2.56. The first-order valence-electron chi connectivity index (χ1n) is 12.6. The van der Waals surface area contributed by atoms with E-state index in [0.29, 0.717) is 16.7 Å². The van der Waals surface area contributed by atoms with Crippen LogP contribution >= 0.6 is 0 Å². The molecule has 1 unspecified atom stereocenters. The first-order valence-corrected chi connectivity index (χ1v) is 12.6. The lowest BCUT2D eigenvalue weighted by atomic mass is 9.44. The maximum atomic E-state index is 11.1. The van der Waals surface area contributed by atoms with Crippen molar-refractivity contribution in [1.29, 1.82) is 0 Å². The molecule has 4 aliphatic rings. The van der Waals surface area contributed by atoms with Crippen LogP contribution in [-0.2, 0) is 0 Å². The average Bonchev–Trinajstić information content (AvgIpc) is 2.99. The van der Waals surface area contributed by atoms with Gasteiger partial charge < -0.3 is 5.11 Å². The third kappa shape index (κ3) is 3.32. The Labute approximate surface area is 174 Å². The van der Waals surface area contributed by atoms with Crippen LogP contribution in [0.1, 0.15) is 98.8 Å². The summed E-state index contributed by atoms with van der Waals surface area (Å²) in [5.74, 6) is 5.53. The summed E-state index contributed by atoms with van der Waals surface area (Å²) in [7, 11) is 0. The van der Waals surface area contributed by atoms with Crippen molar-refractivity contribution in [2.24, 2.45) is 52.3 Å². The molecule has 0 aromatic heterocycles. The largest absolute Gasteiger partial charge is 0.392 e. The van der Waals surface area contributed by atoms with E-state index < -0.39 is 0 Å². The molecule has 0 spiro atoms. The van der Waals surface area contributed by atoms with Crippen molar-refractivity contribution in [3.63, 3.8) is 0 Å². The molecule has 0 aromatic rings. The number of allylic oxidation sites excluding steroid dienone is 1. The molecule has 0 heterocycles. The summed E-state index contributed by atoms with van der Waals surface area (Å²) in [6.07, 6.45) is 18.2. The van der Waals surface area contributed by atoms with E-state index in [0.717, 1.165) is 41.9 Å². The Bertz CT molecular complexity index is 579. The van der Waals surface area contributed by atoms with Gasteiger partial charge in [0.05, 0.1) is 6.10 Å². The van der Waals surface area contributed by atoms with Crippen molar-refractivity contribution in [2.45, 2.75) is 105 Å². The predicted molar refractivity (Wildman–Crippen MR) is 119 cm³/mol. The van der Waals surface area contributed by atoms with Gasteiger partial charge in [0.2, 0.25) is 0 Å². The minimum Gasteiger partial charge on any atom is -0.392 e. The molecule has 1 heteroatoms. The van der Waals surface area contributed by atoms with Gasteiger partial charge in [-0.15, -0.1) is 0 Å². The SMILES string of the molecule is CC(C)CCC[C@@H](C)[C@H]1CC[C@H]2[C@@H]3CC(O)[C@H]4C=CCC[C@]4(C)[C@H]3CC[C@]12C. The molecule has 9 atom stereocenters. The second-order valence-electron chi connectivity index (χ2n) is 12.2. The van der Waals surface area contributed by atoms with Crippen LogP contribution in [0.4, 0.5) is 0 Å². The average molecular weight is 387 g/mol. The molecule has 1 N–H and O–H groups in total. The Hall–Kier alpha value is -0.300. The number of fused-ring (bicyclic) bond motifs is 5. The van der Waals surface area contributed by atoms with Gasteiger partial charge in [-0.1, -0.05) is 66.0 Å². The Balaban J connectivity index is 1.51. The van der Waals surface area contributed by atoms with Crippen LogP contribution in [0.15, 0.2) is 12.2 Å². The smallest absolute Gasteiger partial charge is 0.0611 e. The molecule has 0 amide bonds. The highest BCUT2D eigenvalue weighted by molar-refractivity contribution is 5.15. The number of hydrogen-bond acceptors (Lipinski definition) is 1. The first kappa shape index (κ1) is 21.0. The molecule has 3 saturated carbocycles. The molecule has 0 bridgehead atoms. The number of aliphatic hydroxyl groups excluding tert-OH is 1. The lowest BCUT2D eigenvalue weighted by molar-refractivity contribution is -0.137. The molecule has 1 nitrogen and oxygen atoms in total. The van der Waals surface area contributed by atoms with Crippen LogP contribution in [-0.4, -0.2) is 11.2 Å². The van der Waals surface area contributed by atoms with Gasteiger partial charge >= 0.3 is 0 Å². The van der Waals surface area contributed by atoms with Crippen molar-refractivity contribution in [3.8, 4) is 0 Å².